The maximum atomic E-state index is 6.50. The van der Waals surface area contributed by atoms with E-state index < -0.39 is 0 Å². The molecule has 2 aliphatic rings. The van der Waals surface area contributed by atoms with Crippen molar-refractivity contribution in [2.24, 2.45) is 11.8 Å². The highest BCUT2D eigenvalue weighted by molar-refractivity contribution is 5.75. The minimum Gasteiger partial charge on any atom is -0.457 e. The zero-order chi connectivity index (χ0) is 21.5. The second-order valence-electron chi connectivity index (χ2n) is 7.94. The van der Waals surface area contributed by atoms with Crippen LogP contribution >= 0.6 is 0 Å². The average molecular weight is 405 g/mol. The van der Waals surface area contributed by atoms with Crippen molar-refractivity contribution in [2.75, 3.05) is 0 Å². The quantitative estimate of drug-likeness (QED) is 0.352. The Kier molecular flexibility index (Phi) is 6.64. The Hall–Kier alpha value is -3.58. The van der Waals surface area contributed by atoms with Crippen LogP contribution in [0.1, 0.15) is 19.4 Å². The number of allylic oxidation sites excluding steroid dienone is 13. The number of benzene rings is 2. The van der Waals surface area contributed by atoms with Crippen LogP contribution < -0.4 is 4.74 Å². The smallest absolute Gasteiger partial charge is 0.131 e. The number of ether oxygens (including phenoxy) is 1. The third kappa shape index (κ3) is 5.13. The van der Waals surface area contributed by atoms with E-state index in [1.807, 2.05) is 30.3 Å². The summed E-state index contributed by atoms with van der Waals surface area (Å²) in [7, 11) is 0. The molecule has 4 rings (SSSR count). The molecule has 1 heteroatoms. The van der Waals surface area contributed by atoms with Crippen molar-refractivity contribution in [1.29, 1.82) is 0 Å². The van der Waals surface area contributed by atoms with E-state index in [-0.39, 0.29) is 11.8 Å². The summed E-state index contributed by atoms with van der Waals surface area (Å²) in [5, 5.41) is 0. The molecule has 0 bridgehead atoms. The number of rotatable bonds is 6. The number of hydrogen-bond acceptors (Lipinski definition) is 1. The third-order valence-corrected chi connectivity index (χ3v) is 5.50. The Morgan fingerprint density at radius 2 is 1.42 bits per heavy atom. The van der Waals surface area contributed by atoms with Gasteiger partial charge in [-0.25, -0.2) is 0 Å². The Morgan fingerprint density at radius 1 is 0.774 bits per heavy atom. The lowest BCUT2D eigenvalue weighted by Gasteiger charge is -2.19. The Morgan fingerprint density at radius 3 is 2.10 bits per heavy atom. The molecule has 0 aromatic heterocycles. The largest absolute Gasteiger partial charge is 0.457 e. The summed E-state index contributed by atoms with van der Waals surface area (Å²) < 4.78 is 6.50. The van der Waals surface area contributed by atoms with Crippen molar-refractivity contribution >= 4 is 5.57 Å². The lowest BCUT2D eigenvalue weighted by Crippen LogP contribution is -2.06. The fourth-order valence-corrected chi connectivity index (χ4v) is 3.95. The molecule has 0 aliphatic heterocycles. The standard InChI is InChI=1S/C30H28O/c1-23(2)28-20-12-11-13-24(28)21-22-29(31-27-18-7-4-8-19-27)30(26-16-9-10-17-26)25-14-5-3-6-15-25/h3-22,24,26H,1-2H3. The van der Waals surface area contributed by atoms with Gasteiger partial charge in [0, 0.05) is 17.4 Å². The normalized spacial score (nSPS) is 18.6. The van der Waals surface area contributed by atoms with Crippen molar-refractivity contribution in [3.63, 3.8) is 0 Å². The maximum Gasteiger partial charge on any atom is 0.131 e. The Labute approximate surface area is 185 Å². The van der Waals surface area contributed by atoms with Gasteiger partial charge in [-0.15, -0.1) is 0 Å². The molecule has 0 heterocycles. The van der Waals surface area contributed by atoms with Crippen LogP contribution in [-0.2, 0) is 0 Å². The topological polar surface area (TPSA) is 9.23 Å². The molecular formula is C30H28O. The van der Waals surface area contributed by atoms with Crippen LogP contribution in [0.25, 0.3) is 5.57 Å². The molecule has 0 radical (unpaired) electrons. The summed E-state index contributed by atoms with van der Waals surface area (Å²) in [5.74, 6) is 2.12. The molecule has 1 atom stereocenters. The van der Waals surface area contributed by atoms with E-state index in [9.17, 15) is 0 Å². The van der Waals surface area contributed by atoms with Gasteiger partial charge in [0.1, 0.15) is 11.5 Å². The first-order chi connectivity index (χ1) is 15.2. The van der Waals surface area contributed by atoms with E-state index in [0.717, 1.165) is 11.5 Å². The van der Waals surface area contributed by atoms with E-state index in [1.165, 1.54) is 22.3 Å². The second kappa shape index (κ2) is 9.95. The van der Waals surface area contributed by atoms with Crippen LogP contribution in [0.15, 0.2) is 138 Å². The van der Waals surface area contributed by atoms with Gasteiger partial charge in [0.25, 0.3) is 0 Å². The predicted octanol–water partition coefficient (Wildman–Crippen LogP) is 7.85. The molecule has 0 amide bonds. The molecule has 0 saturated carbocycles. The van der Waals surface area contributed by atoms with E-state index in [1.54, 1.807) is 0 Å². The highest BCUT2D eigenvalue weighted by Crippen LogP contribution is 2.34. The van der Waals surface area contributed by atoms with Crippen molar-refractivity contribution in [3.8, 4) is 5.75 Å². The minimum atomic E-state index is 0.176. The van der Waals surface area contributed by atoms with Crippen LogP contribution in [0.3, 0.4) is 0 Å². The molecule has 2 aliphatic carbocycles. The zero-order valence-electron chi connectivity index (χ0n) is 18.1. The summed E-state index contributed by atoms with van der Waals surface area (Å²) in [4.78, 5) is 0. The molecule has 31 heavy (non-hydrogen) atoms. The third-order valence-electron chi connectivity index (χ3n) is 5.50. The van der Waals surface area contributed by atoms with Crippen LogP contribution in [0.5, 0.6) is 5.75 Å². The summed E-state index contributed by atoms with van der Waals surface area (Å²) in [6.45, 7) is 4.33. The second-order valence-corrected chi connectivity index (χ2v) is 7.94. The molecule has 1 unspecified atom stereocenters. The van der Waals surface area contributed by atoms with Gasteiger partial charge < -0.3 is 4.74 Å². The SMILES string of the molecule is CC(C)=C1C=CC=CC1C=CC(Oc1ccccc1)=C(c1ccccc1)C1C=CC=C1. The first kappa shape index (κ1) is 20.7. The number of hydrogen-bond donors (Lipinski definition) is 0. The van der Waals surface area contributed by atoms with E-state index >= 15 is 0 Å². The fourth-order valence-electron chi connectivity index (χ4n) is 3.95. The Balaban J connectivity index is 1.81. The highest BCUT2D eigenvalue weighted by atomic mass is 16.5. The molecule has 2 aromatic carbocycles. The lowest BCUT2D eigenvalue weighted by atomic mass is 9.89. The molecule has 0 fully saturated rings. The summed E-state index contributed by atoms with van der Waals surface area (Å²) in [5.41, 5.74) is 5.00. The van der Waals surface area contributed by atoms with Crippen LogP contribution in [0.4, 0.5) is 0 Å². The molecule has 0 N–H and O–H groups in total. The highest BCUT2D eigenvalue weighted by Gasteiger charge is 2.19. The van der Waals surface area contributed by atoms with Crippen LogP contribution in [0, 0.1) is 11.8 Å². The van der Waals surface area contributed by atoms with Crippen LogP contribution in [-0.4, -0.2) is 0 Å². The first-order valence-corrected chi connectivity index (χ1v) is 10.8. The summed E-state index contributed by atoms with van der Waals surface area (Å²) in [6.07, 6.45) is 21.7. The minimum absolute atomic E-state index is 0.176. The van der Waals surface area contributed by atoms with Crippen LogP contribution in [0.2, 0.25) is 0 Å². The molecule has 154 valence electrons. The van der Waals surface area contributed by atoms with Gasteiger partial charge >= 0.3 is 0 Å². The number of para-hydroxylation sites is 1. The Bertz CT molecular complexity index is 1090. The van der Waals surface area contributed by atoms with Gasteiger partial charge in [0.05, 0.1) is 0 Å². The first-order valence-electron chi connectivity index (χ1n) is 10.8. The maximum absolute atomic E-state index is 6.50. The van der Waals surface area contributed by atoms with Crippen molar-refractivity contribution in [2.45, 2.75) is 13.8 Å². The van der Waals surface area contributed by atoms with Gasteiger partial charge in [-0.2, -0.15) is 0 Å². The molecule has 2 aromatic rings. The zero-order valence-corrected chi connectivity index (χ0v) is 18.1. The summed E-state index contributed by atoms with van der Waals surface area (Å²) in [6, 6.07) is 20.5. The van der Waals surface area contributed by atoms with Gasteiger partial charge in [0.15, 0.2) is 0 Å². The van der Waals surface area contributed by atoms with E-state index in [0.29, 0.717) is 0 Å². The molecule has 0 saturated heterocycles. The van der Waals surface area contributed by atoms with Gasteiger partial charge in [0.2, 0.25) is 0 Å². The van der Waals surface area contributed by atoms with Crippen molar-refractivity contribution in [1.82, 2.24) is 0 Å². The average Bonchev–Trinajstić information content (AvgIpc) is 3.33. The van der Waals surface area contributed by atoms with Gasteiger partial charge in [-0.1, -0.05) is 109 Å². The summed E-state index contributed by atoms with van der Waals surface area (Å²) >= 11 is 0. The van der Waals surface area contributed by atoms with Crippen molar-refractivity contribution < 1.29 is 4.74 Å². The fraction of sp³-hybridized carbons (Fsp3) is 0.133. The van der Waals surface area contributed by atoms with Crippen molar-refractivity contribution in [3.05, 3.63) is 144 Å². The molecule has 1 nitrogen and oxygen atoms in total. The van der Waals surface area contributed by atoms with E-state index in [4.69, 9.17) is 4.74 Å². The van der Waals surface area contributed by atoms with Gasteiger partial charge in [-0.05, 0) is 43.2 Å². The van der Waals surface area contributed by atoms with E-state index in [2.05, 4.69) is 105 Å². The van der Waals surface area contributed by atoms with Gasteiger partial charge in [-0.3, -0.25) is 0 Å². The molecular weight excluding hydrogens is 376 g/mol. The lowest BCUT2D eigenvalue weighted by molar-refractivity contribution is 0.444. The predicted molar refractivity (Wildman–Crippen MR) is 131 cm³/mol. The molecule has 0 spiro atoms. The monoisotopic (exact) mass is 404 g/mol.